The largest absolute Gasteiger partial charge is 0.310 e. The molecular weight excluding hydrogens is 316 g/mol. The molecule has 1 fully saturated rings. The van der Waals surface area contributed by atoms with Crippen molar-refractivity contribution in [3.05, 3.63) is 28.7 Å². The lowest BCUT2D eigenvalue weighted by Gasteiger charge is -2.10. The van der Waals surface area contributed by atoms with Crippen LogP contribution >= 0.6 is 15.9 Å². The van der Waals surface area contributed by atoms with E-state index in [1.807, 2.05) is 0 Å². The van der Waals surface area contributed by atoms with Gasteiger partial charge in [0.1, 0.15) is 0 Å². The fourth-order valence-electron chi connectivity index (χ4n) is 2.13. The lowest BCUT2D eigenvalue weighted by Crippen LogP contribution is -2.20. The van der Waals surface area contributed by atoms with Gasteiger partial charge in [0.2, 0.25) is 0 Å². The van der Waals surface area contributed by atoms with Crippen molar-refractivity contribution < 1.29 is 8.42 Å². The molecule has 4 nitrogen and oxygen atoms in total. The first-order valence-electron chi connectivity index (χ1n) is 5.64. The summed E-state index contributed by atoms with van der Waals surface area (Å²) in [6.07, 6.45) is 2.82. The molecule has 1 saturated heterocycles. The Labute approximate surface area is 115 Å². The molecule has 1 aliphatic rings. The van der Waals surface area contributed by atoms with Gasteiger partial charge in [-0.15, -0.1) is 0 Å². The average Bonchev–Trinajstić information content (AvgIpc) is 2.76. The van der Waals surface area contributed by atoms with E-state index in [9.17, 15) is 8.42 Å². The third kappa shape index (κ3) is 3.03. The predicted octanol–water partition coefficient (Wildman–Crippen LogP) is 2.03. The molecule has 0 bridgehead atoms. The minimum atomic E-state index is -3.26. The van der Waals surface area contributed by atoms with Crippen LogP contribution in [-0.2, 0) is 9.84 Å². The van der Waals surface area contributed by atoms with Gasteiger partial charge in [0.15, 0.2) is 16.0 Å². The Morgan fingerprint density at radius 3 is 2.89 bits per heavy atom. The summed E-state index contributed by atoms with van der Waals surface area (Å²) in [4.78, 5) is 1.95. The highest BCUT2D eigenvalue weighted by Gasteiger charge is 2.27. The summed E-state index contributed by atoms with van der Waals surface area (Å²) >= 11 is 3.27. The second kappa shape index (κ2) is 5.29. The number of nitriles is 1. The molecule has 0 N–H and O–H groups in total. The molecule has 0 amide bonds. The molecule has 1 atom stereocenters. The summed E-state index contributed by atoms with van der Waals surface area (Å²) in [6, 6.07) is 6.74. The van der Waals surface area contributed by atoms with Gasteiger partial charge in [-0.25, -0.2) is 8.42 Å². The smallest absolute Gasteiger partial charge is 0.179 e. The van der Waals surface area contributed by atoms with Crippen LogP contribution in [0.2, 0.25) is 0 Å². The highest BCUT2D eigenvalue weighted by Crippen LogP contribution is 2.23. The van der Waals surface area contributed by atoms with E-state index in [0.29, 0.717) is 18.0 Å². The molecule has 6 heteroatoms. The van der Waals surface area contributed by atoms with Gasteiger partial charge in [-0.05, 0) is 30.5 Å². The van der Waals surface area contributed by atoms with E-state index in [-0.39, 0.29) is 11.7 Å². The number of halogens is 1. The summed E-state index contributed by atoms with van der Waals surface area (Å²) in [5.74, 6) is 0.162. The first-order chi connectivity index (χ1) is 8.51. The van der Waals surface area contributed by atoms with Crippen molar-refractivity contribution in [3.8, 4) is 6.19 Å². The van der Waals surface area contributed by atoms with E-state index in [1.54, 1.807) is 29.2 Å². The van der Waals surface area contributed by atoms with Gasteiger partial charge in [-0.3, -0.25) is 0 Å². The van der Waals surface area contributed by atoms with E-state index < -0.39 is 9.84 Å². The van der Waals surface area contributed by atoms with Crippen LogP contribution < -0.4 is 0 Å². The SMILES string of the molecule is N#CN1CC[C@H](CS(=O)(=O)c2cccc(Br)c2)C1. The molecule has 1 heterocycles. The normalized spacial score (nSPS) is 19.8. The van der Waals surface area contributed by atoms with Gasteiger partial charge in [-0.1, -0.05) is 22.0 Å². The Bertz CT molecular complexity index is 580. The van der Waals surface area contributed by atoms with Crippen LogP contribution in [0.25, 0.3) is 0 Å². The topological polar surface area (TPSA) is 61.2 Å². The summed E-state index contributed by atoms with van der Waals surface area (Å²) in [6.45, 7) is 1.21. The zero-order chi connectivity index (χ0) is 13.2. The Morgan fingerprint density at radius 2 is 2.28 bits per heavy atom. The van der Waals surface area contributed by atoms with Crippen LogP contribution in [0.3, 0.4) is 0 Å². The van der Waals surface area contributed by atoms with Crippen molar-refractivity contribution in [2.24, 2.45) is 5.92 Å². The molecule has 1 aliphatic heterocycles. The Hall–Kier alpha value is -1.06. The van der Waals surface area contributed by atoms with E-state index in [0.717, 1.165) is 10.9 Å². The minimum absolute atomic E-state index is 0.0497. The zero-order valence-electron chi connectivity index (χ0n) is 9.71. The Morgan fingerprint density at radius 1 is 1.50 bits per heavy atom. The Kier molecular flexibility index (Phi) is 3.93. The zero-order valence-corrected chi connectivity index (χ0v) is 12.1. The molecule has 96 valence electrons. The fraction of sp³-hybridized carbons (Fsp3) is 0.417. The van der Waals surface area contributed by atoms with Gasteiger partial charge in [0, 0.05) is 17.6 Å². The van der Waals surface area contributed by atoms with Crippen LogP contribution in [0.15, 0.2) is 33.6 Å². The lowest BCUT2D eigenvalue weighted by atomic mass is 10.2. The first-order valence-corrected chi connectivity index (χ1v) is 8.09. The van der Waals surface area contributed by atoms with Crippen molar-refractivity contribution in [2.75, 3.05) is 18.8 Å². The van der Waals surface area contributed by atoms with Crippen LogP contribution in [0, 0.1) is 17.4 Å². The van der Waals surface area contributed by atoms with E-state index >= 15 is 0 Å². The highest BCUT2D eigenvalue weighted by molar-refractivity contribution is 9.10. The fourth-order valence-corrected chi connectivity index (χ4v) is 4.35. The molecular formula is C12H13BrN2O2S. The second-order valence-corrected chi connectivity index (χ2v) is 7.39. The number of sulfone groups is 1. The maximum Gasteiger partial charge on any atom is 0.179 e. The van der Waals surface area contributed by atoms with Crippen LogP contribution in [0.4, 0.5) is 0 Å². The molecule has 0 radical (unpaired) electrons. The molecule has 0 aromatic heterocycles. The summed E-state index contributed by atoms with van der Waals surface area (Å²) in [5.41, 5.74) is 0. The number of likely N-dealkylation sites (tertiary alicyclic amines) is 1. The third-order valence-corrected chi connectivity index (χ3v) is 5.41. The van der Waals surface area contributed by atoms with Crippen molar-refractivity contribution >= 4 is 25.8 Å². The van der Waals surface area contributed by atoms with E-state index in [2.05, 4.69) is 22.1 Å². The maximum atomic E-state index is 12.2. The number of hydrogen-bond donors (Lipinski definition) is 0. The van der Waals surface area contributed by atoms with Gasteiger partial charge in [0.05, 0.1) is 10.6 Å². The maximum absolute atomic E-state index is 12.2. The molecule has 1 aromatic carbocycles. The Balaban J connectivity index is 2.12. The molecule has 0 spiro atoms. The van der Waals surface area contributed by atoms with Crippen LogP contribution in [-0.4, -0.2) is 32.2 Å². The average molecular weight is 329 g/mol. The molecule has 0 unspecified atom stereocenters. The molecule has 0 aliphatic carbocycles. The third-order valence-electron chi connectivity index (χ3n) is 3.04. The van der Waals surface area contributed by atoms with Gasteiger partial charge >= 0.3 is 0 Å². The molecule has 2 rings (SSSR count). The number of benzene rings is 1. The van der Waals surface area contributed by atoms with Crippen LogP contribution in [0.5, 0.6) is 0 Å². The van der Waals surface area contributed by atoms with Gasteiger partial charge in [-0.2, -0.15) is 5.26 Å². The van der Waals surface area contributed by atoms with Crippen molar-refractivity contribution in [1.29, 1.82) is 5.26 Å². The summed E-state index contributed by atoms with van der Waals surface area (Å²) < 4.78 is 25.2. The van der Waals surface area contributed by atoms with Gasteiger partial charge in [0.25, 0.3) is 0 Å². The van der Waals surface area contributed by atoms with E-state index in [4.69, 9.17) is 5.26 Å². The van der Waals surface area contributed by atoms with Crippen molar-refractivity contribution in [2.45, 2.75) is 11.3 Å². The lowest BCUT2D eigenvalue weighted by molar-refractivity contribution is 0.464. The molecule has 1 aromatic rings. The predicted molar refractivity (Wildman–Crippen MR) is 71.5 cm³/mol. The van der Waals surface area contributed by atoms with E-state index in [1.165, 1.54) is 0 Å². The number of hydrogen-bond acceptors (Lipinski definition) is 4. The second-order valence-electron chi connectivity index (χ2n) is 4.44. The summed E-state index contributed by atoms with van der Waals surface area (Å²) in [5, 5.41) is 8.76. The number of rotatable bonds is 3. The summed E-state index contributed by atoms with van der Waals surface area (Å²) in [7, 11) is -3.26. The first kappa shape index (κ1) is 13.4. The minimum Gasteiger partial charge on any atom is -0.310 e. The van der Waals surface area contributed by atoms with Crippen molar-refractivity contribution in [3.63, 3.8) is 0 Å². The quantitative estimate of drug-likeness (QED) is 0.796. The molecule has 18 heavy (non-hydrogen) atoms. The van der Waals surface area contributed by atoms with Crippen molar-refractivity contribution in [1.82, 2.24) is 4.90 Å². The van der Waals surface area contributed by atoms with Crippen LogP contribution in [0.1, 0.15) is 6.42 Å². The van der Waals surface area contributed by atoms with Gasteiger partial charge < -0.3 is 4.90 Å². The molecule has 0 saturated carbocycles. The standard InChI is InChI=1S/C12H13BrN2O2S/c13-11-2-1-3-12(6-11)18(16,17)8-10-4-5-15(7-10)9-14/h1-3,6,10H,4-5,7-8H2/t10-/m0/s1. The highest BCUT2D eigenvalue weighted by atomic mass is 79.9. The monoisotopic (exact) mass is 328 g/mol. The number of nitrogens with zero attached hydrogens (tertiary/aromatic N) is 2.